The van der Waals surface area contributed by atoms with Gasteiger partial charge in [0, 0.05) is 7.05 Å². The smallest absolute Gasteiger partial charge is 0.303 e. The van der Waals surface area contributed by atoms with Gasteiger partial charge >= 0.3 is 5.97 Å². The fourth-order valence-corrected chi connectivity index (χ4v) is 2.31. The Bertz CT molecular complexity index is 572. The number of imidazole rings is 1. The highest BCUT2D eigenvalue weighted by molar-refractivity contribution is 5.76. The summed E-state index contributed by atoms with van der Waals surface area (Å²) in [5.74, 6) is -0.425. The number of aryl methyl sites for hydroxylation is 1. The first-order valence-electron chi connectivity index (χ1n) is 6.12. The molecule has 1 aromatic carbocycles. The minimum absolute atomic E-state index is 0.0360. The summed E-state index contributed by atoms with van der Waals surface area (Å²) in [6, 6.07) is 6.02. The van der Waals surface area contributed by atoms with Crippen LogP contribution < -0.4 is 0 Å². The van der Waals surface area contributed by atoms with Crippen LogP contribution in [0.5, 0.6) is 0 Å². The molecule has 0 fully saturated rings. The molecule has 0 radical (unpaired) electrons. The molecule has 1 atom stereocenters. The highest BCUT2D eigenvalue weighted by atomic mass is 16.4. The lowest BCUT2D eigenvalue weighted by Crippen LogP contribution is -2.12. The maximum absolute atomic E-state index is 10.9. The van der Waals surface area contributed by atoms with Gasteiger partial charge in [-0.05, 0) is 29.5 Å². The number of carboxylic acid groups (broad SMARTS) is 1. The molecule has 1 aromatic heterocycles. The maximum Gasteiger partial charge on any atom is 0.303 e. The van der Waals surface area contributed by atoms with Crippen molar-refractivity contribution in [3.8, 4) is 0 Å². The molecule has 0 amide bonds. The number of fused-ring (bicyclic) bond motifs is 1. The van der Waals surface area contributed by atoms with Crippen molar-refractivity contribution in [1.82, 2.24) is 9.55 Å². The van der Waals surface area contributed by atoms with Crippen molar-refractivity contribution in [3.05, 3.63) is 30.1 Å². The average molecular weight is 246 g/mol. The van der Waals surface area contributed by atoms with Crippen LogP contribution in [-0.2, 0) is 11.8 Å². The van der Waals surface area contributed by atoms with Gasteiger partial charge in [0.2, 0.25) is 0 Å². The zero-order valence-corrected chi connectivity index (χ0v) is 10.9. The molecular formula is C14H18N2O2. The van der Waals surface area contributed by atoms with E-state index in [1.165, 1.54) is 0 Å². The fraction of sp³-hybridized carbons (Fsp3) is 0.429. The van der Waals surface area contributed by atoms with Crippen molar-refractivity contribution in [2.24, 2.45) is 13.0 Å². The fourth-order valence-electron chi connectivity index (χ4n) is 2.31. The second kappa shape index (κ2) is 4.80. The molecule has 1 unspecified atom stereocenters. The van der Waals surface area contributed by atoms with Crippen LogP contribution in [0.3, 0.4) is 0 Å². The van der Waals surface area contributed by atoms with Crippen molar-refractivity contribution < 1.29 is 9.90 Å². The summed E-state index contributed by atoms with van der Waals surface area (Å²) in [7, 11) is 1.95. The number of carbonyl (C=O) groups is 1. The third-order valence-corrected chi connectivity index (χ3v) is 3.38. The first kappa shape index (κ1) is 12.6. The molecule has 4 heteroatoms. The molecule has 2 rings (SSSR count). The van der Waals surface area contributed by atoms with E-state index in [9.17, 15) is 4.79 Å². The third kappa shape index (κ3) is 2.37. The lowest BCUT2D eigenvalue weighted by molar-refractivity contribution is -0.137. The lowest BCUT2D eigenvalue weighted by atomic mass is 9.85. The summed E-state index contributed by atoms with van der Waals surface area (Å²) < 4.78 is 1.96. The number of hydrogen-bond acceptors (Lipinski definition) is 2. The van der Waals surface area contributed by atoms with Gasteiger partial charge in [-0.25, -0.2) is 4.98 Å². The van der Waals surface area contributed by atoms with Crippen LogP contribution in [0.15, 0.2) is 24.5 Å². The Morgan fingerprint density at radius 1 is 1.44 bits per heavy atom. The van der Waals surface area contributed by atoms with E-state index in [0.717, 1.165) is 16.6 Å². The van der Waals surface area contributed by atoms with Crippen LogP contribution in [-0.4, -0.2) is 20.6 Å². The van der Waals surface area contributed by atoms with Gasteiger partial charge in [0.1, 0.15) is 0 Å². The van der Waals surface area contributed by atoms with Crippen molar-refractivity contribution in [2.45, 2.75) is 26.2 Å². The van der Waals surface area contributed by atoms with Crippen molar-refractivity contribution in [1.29, 1.82) is 0 Å². The van der Waals surface area contributed by atoms with E-state index < -0.39 is 5.97 Å². The van der Waals surface area contributed by atoms with Crippen LogP contribution in [0.2, 0.25) is 0 Å². The van der Waals surface area contributed by atoms with E-state index in [1.807, 2.05) is 29.8 Å². The van der Waals surface area contributed by atoms with Gasteiger partial charge in [0.05, 0.1) is 23.8 Å². The number of hydrogen-bond donors (Lipinski definition) is 1. The number of benzene rings is 1. The summed E-state index contributed by atoms with van der Waals surface area (Å²) >= 11 is 0. The van der Waals surface area contributed by atoms with E-state index >= 15 is 0 Å². The average Bonchev–Trinajstić information content (AvgIpc) is 2.67. The number of carboxylic acids is 1. The molecule has 18 heavy (non-hydrogen) atoms. The van der Waals surface area contributed by atoms with Crippen molar-refractivity contribution in [2.75, 3.05) is 0 Å². The van der Waals surface area contributed by atoms with Gasteiger partial charge in [-0.3, -0.25) is 4.79 Å². The molecule has 0 bridgehead atoms. The molecule has 0 aliphatic heterocycles. The molecule has 96 valence electrons. The summed E-state index contributed by atoms with van der Waals surface area (Å²) in [6.45, 7) is 4.10. The number of aliphatic carboxylic acids is 1. The van der Waals surface area contributed by atoms with Crippen molar-refractivity contribution >= 4 is 17.0 Å². The Morgan fingerprint density at radius 3 is 2.78 bits per heavy atom. The third-order valence-electron chi connectivity index (χ3n) is 3.38. The lowest BCUT2D eigenvalue weighted by Gasteiger charge is -2.19. The summed E-state index contributed by atoms with van der Waals surface area (Å²) in [4.78, 5) is 15.3. The van der Waals surface area contributed by atoms with Gasteiger partial charge in [0.25, 0.3) is 0 Å². The Balaban J connectivity index is 2.41. The second-order valence-corrected chi connectivity index (χ2v) is 5.05. The first-order valence-corrected chi connectivity index (χ1v) is 6.12. The van der Waals surface area contributed by atoms with Crippen LogP contribution >= 0.6 is 0 Å². The quantitative estimate of drug-likeness (QED) is 0.902. The molecule has 1 N–H and O–H groups in total. The Kier molecular flexibility index (Phi) is 3.36. The number of nitrogens with zero attached hydrogens (tertiary/aromatic N) is 2. The van der Waals surface area contributed by atoms with Gasteiger partial charge in [-0.1, -0.05) is 19.9 Å². The second-order valence-electron chi connectivity index (χ2n) is 5.05. The highest BCUT2D eigenvalue weighted by Crippen LogP contribution is 2.29. The standard InChI is InChI=1S/C14H18N2O2/c1-9(2)11(7-14(17)18)10-4-5-13-12(6-10)15-8-16(13)3/h4-6,8-9,11H,7H2,1-3H3,(H,17,18). The van der Waals surface area contributed by atoms with Crippen LogP contribution in [0, 0.1) is 5.92 Å². The Morgan fingerprint density at radius 2 is 2.17 bits per heavy atom. The molecule has 4 nitrogen and oxygen atoms in total. The van der Waals surface area contributed by atoms with Gasteiger partial charge < -0.3 is 9.67 Å². The van der Waals surface area contributed by atoms with Crippen LogP contribution in [0.1, 0.15) is 31.7 Å². The molecular weight excluding hydrogens is 228 g/mol. The van der Waals surface area contributed by atoms with Crippen LogP contribution in [0.4, 0.5) is 0 Å². The number of rotatable bonds is 4. The zero-order valence-electron chi connectivity index (χ0n) is 10.9. The maximum atomic E-state index is 10.9. The summed E-state index contributed by atoms with van der Waals surface area (Å²) in [5.41, 5.74) is 3.04. The Hall–Kier alpha value is -1.84. The van der Waals surface area contributed by atoms with E-state index in [1.54, 1.807) is 6.33 Å². The minimum Gasteiger partial charge on any atom is -0.481 e. The zero-order chi connectivity index (χ0) is 13.3. The normalized spacial score (nSPS) is 13.1. The SMILES string of the molecule is CC(C)C(CC(=O)O)c1ccc2c(c1)ncn2C. The molecule has 0 spiro atoms. The largest absolute Gasteiger partial charge is 0.481 e. The van der Waals surface area contributed by atoms with Gasteiger partial charge in [0.15, 0.2) is 0 Å². The van der Waals surface area contributed by atoms with Crippen LogP contribution in [0.25, 0.3) is 11.0 Å². The van der Waals surface area contributed by atoms with Gasteiger partial charge in [-0.2, -0.15) is 0 Å². The molecule has 1 heterocycles. The predicted octanol–water partition coefficient (Wildman–Crippen LogP) is 2.79. The molecule has 0 saturated heterocycles. The van der Waals surface area contributed by atoms with E-state index in [4.69, 9.17) is 5.11 Å². The minimum atomic E-state index is -0.755. The molecule has 0 aliphatic rings. The Labute approximate surface area is 106 Å². The van der Waals surface area contributed by atoms with E-state index in [2.05, 4.69) is 18.8 Å². The highest BCUT2D eigenvalue weighted by Gasteiger charge is 2.19. The van der Waals surface area contributed by atoms with Gasteiger partial charge in [-0.15, -0.1) is 0 Å². The monoisotopic (exact) mass is 246 g/mol. The number of aromatic nitrogens is 2. The van der Waals surface area contributed by atoms with E-state index in [-0.39, 0.29) is 12.3 Å². The van der Waals surface area contributed by atoms with E-state index in [0.29, 0.717) is 5.92 Å². The molecule has 0 saturated carbocycles. The predicted molar refractivity (Wildman–Crippen MR) is 70.5 cm³/mol. The van der Waals surface area contributed by atoms with Crippen molar-refractivity contribution in [3.63, 3.8) is 0 Å². The summed E-state index contributed by atoms with van der Waals surface area (Å²) in [5, 5.41) is 8.99. The summed E-state index contributed by atoms with van der Waals surface area (Å²) in [6.07, 6.45) is 1.94. The topological polar surface area (TPSA) is 55.1 Å². The molecule has 0 aliphatic carbocycles. The molecule has 2 aromatic rings. The first-order chi connectivity index (χ1) is 8.49.